The Labute approximate surface area is 167 Å². The minimum atomic E-state index is -3.07. The third kappa shape index (κ3) is 5.67. The second-order valence-electron chi connectivity index (χ2n) is 6.56. The maximum absolute atomic E-state index is 13.2. The molecule has 0 aliphatic carbocycles. The number of halogens is 1. The van der Waals surface area contributed by atoms with Crippen LogP contribution in [-0.4, -0.2) is 47.8 Å². The van der Waals surface area contributed by atoms with Crippen molar-refractivity contribution in [2.75, 3.05) is 29.2 Å². The largest absolute Gasteiger partial charge is 0.368 e. The van der Waals surface area contributed by atoms with E-state index in [1.165, 1.54) is 25.3 Å². The normalized spacial score (nSPS) is 11.4. The molecule has 0 atom stereocenters. The third-order valence-electron chi connectivity index (χ3n) is 3.95. The molecule has 0 saturated carbocycles. The van der Waals surface area contributed by atoms with Crippen LogP contribution in [0.3, 0.4) is 0 Å². The molecule has 10 heteroatoms. The number of aromatic nitrogens is 3. The summed E-state index contributed by atoms with van der Waals surface area (Å²) in [7, 11) is -3.07. The second kappa shape index (κ2) is 8.48. The Morgan fingerprint density at radius 2 is 1.79 bits per heavy atom. The molecule has 3 aromatic rings. The summed E-state index contributed by atoms with van der Waals surface area (Å²) >= 11 is 0. The molecule has 2 aromatic heterocycles. The number of rotatable bonds is 7. The number of nitrogens with one attached hydrogen (secondary N) is 2. The molecule has 0 spiro atoms. The molecule has 0 aliphatic rings. The number of carbonyl (C=O) groups is 1. The van der Waals surface area contributed by atoms with Gasteiger partial charge in [0, 0.05) is 25.3 Å². The Morgan fingerprint density at radius 3 is 2.45 bits per heavy atom. The first-order valence-electron chi connectivity index (χ1n) is 8.85. The summed E-state index contributed by atoms with van der Waals surface area (Å²) in [6.07, 6.45) is 1.57. The number of sulfone groups is 1. The Balaban J connectivity index is 1.97. The topological polar surface area (TPSA) is 114 Å². The summed E-state index contributed by atoms with van der Waals surface area (Å²) < 4.78 is 35.8. The summed E-state index contributed by atoms with van der Waals surface area (Å²) in [5.74, 6) is -0.131. The molecule has 8 nitrogen and oxygen atoms in total. The SMILES string of the molecule is CC(=O)Nc1nc(NCCCS(C)(=O)=O)c2nc(-c3ccc(F)cc3)ccc2n1. The Kier molecular flexibility index (Phi) is 6.02. The highest BCUT2D eigenvalue weighted by molar-refractivity contribution is 7.90. The van der Waals surface area contributed by atoms with Crippen molar-refractivity contribution < 1.29 is 17.6 Å². The maximum Gasteiger partial charge on any atom is 0.232 e. The lowest BCUT2D eigenvalue weighted by molar-refractivity contribution is -0.114. The zero-order valence-corrected chi connectivity index (χ0v) is 16.8. The van der Waals surface area contributed by atoms with Gasteiger partial charge in [0.25, 0.3) is 0 Å². The average molecular weight is 417 g/mol. The monoisotopic (exact) mass is 417 g/mol. The van der Waals surface area contributed by atoms with Crippen molar-refractivity contribution in [3.8, 4) is 11.3 Å². The predicted octanol–water partition coefficient (Wildman–Crippen LogP) is 2.64. The van der Waals surface area contributed by atoms with Crippen LogP contribution in [0.25, 0.3) is 22.3 Å². The van der Waals surface area contributed by atoms with E-state index in [4.69, 9.17) is 0 Å². The van der Waals surface area contributed by atoms with E-state index in [1.54, 1.807) is 24.3 Å². The third-order valence-corrected chi connectivity index (χ3v) is 4.98. The number of benzene rings is 1. The number of anilines is 2. The van der Waals surface area contributed by atoms with Gasteiger partial charge in [0.2, 0.25) is 11.9 Å². The molecule has 152 valence electrons. The highest BCUT2D eigenvalue weighted by Gasteiger charge is 2.12. The first-order chi connectivity index (χ1) is 13.7. The van der Waals surface area contributed by atoms with Gasteiger partial charge >= 0.3 is 0 Å². The van der Waals surface area contributed by atoms with Crippen LogP contribution in [0.15, 0.2) is 36.4 Å². The lowest BCUT2D eigenvalue weighted by atomic mass is 10.1. The van der Waals surface area contributed by atoms with Gasteiger partial charge in [0.05, 0.1) is 17.0 Å². The van der Waals surface area contributed by atoms with Crippen molar-refractivity contribution in [2.45, 2.75) is 13.3 Å². The van der Waals surface area contributed by atoms with Gasteiger partial charge in [-0.25, -0.2) is 22.8 Å². The number of fused-ring (bicyclic) bond motifs is 1. The summed E-state index contributed by atoms with van der Waals surface area (Å²) in [5, 5.41) is 5.61. The van der Waals surface area contributed by atoms with Crippen molar-refractivity contribution in [2.24, 2.45) is 0 Å². The summed E-state index contributed by atoms with van der Waals surface area (Å²) in [6, 6.07) is 9.41. The van der Waals surface area contributed by atoms with E-state index in [0.29, 0.717) is 35.5 Å². The summed E-state index contributed by atoms with van der Waals surface area (Å²) in [4.78, 5) is 24.5. The molecule has 29 heavy (non-hydrogen) atoms. The fraction of sp³-hybridized carbons (Fsp3) is 0.263. The number of carbonyl (C=O) groups excluding carboxylic acids is 1. The molecule has 2 heterocycles. The highest BCUT2D eigenvalue weighted by Crippen LogP contribution is 2.25. The van der Waals surface area contributed by atoms with Crippen molar-refractivity contribution >= 4 is 38.5 Å². The molecule has 0 saturated heterocycles. The lowest BCUT2D eigenvalue weighted by Crippen LogP contribution is -2.14. The van der Waals surface area contributed by atoms with Crippen molar-refractivity contribution in [3.63, 3.8) is 0 Å². The number of hydrogen-bond donors (Lipinski definition) is 2. The molecule has 0 unspecified atom stereocenters. The zero-order valence-electron chi connectivity index (χ0n) is 15.9. The fourth-order valence-electron chi connectivity index (χ4n) is 2.67. The Hall–Kier alpha value is -3.14. The van der Waals surface area contributed by atoms with Crippen LogP contribution >= 0.6 is 0 Å². The van der Waals surface area contributed by atoms with E-state index in [0.717, 1.165) is 5.56 Å². The Morgan fingerprint density at radius 1 is 1.07 bits per heavy atom. The van der Waals surface area contributed by atoms with Gasteiger partial charge in [-0.3, -0.25) is 10.1 Å². The maximum atomic E-state index is 13.2. The quantitative estimate of drug-likeness (QED) is 0.568. The second-order valence-corrected chi connectivity index (χ2v) is 8.82. The first-order valence-corrected chi connectivity index (χ1v) is 10.9. The van der Waals surface area contributed by atoms with E-state index >= 15 is 0 Å². The molecular weight excluding hydrogens is 397 g/mol. The smallest absolute Gasteiger partial charge is 0.232 e. The zero-order chi connectivity index (χ0) is 21.0. The molecule has 3 rings (SSSR count). The van der Waals surface area contributed by atoms with Gasteiger partial charge in [0.1, 0.15) is 21.2 Å². The van der Waals surface area contributed by atoms with Gasteiger partial charge < -0.3 is 5.32 Å². The van der Waals surface area contributed by atoms with Crippen molar-refractivity contribution in [1.82, 2.24) is 15.0 Å². The van der Waals surface area contributed by atoms with Gasteiger partial charge in [-0.2, -0.15) is 4.98 Å². The van der Waals surface area contributed by atoms with Crippen LogP contribution in [0.1, 0.15) is 13.3 Å². The Bertz CT molecular complexity index is 1150. The molecule has 0 radical (unpaired) electrons. The van der Waals surface area contributed by atoms with Gasteiger partial charge in [-0.05, 0) is 42.8 Å². The minimum absolute atomic E-state index is 0.0375. The molecule has 1 amide bonds. The van der Waals surface area contributed by atoms with Crippen LogP contribution in [-0.2, 0) is 14.6 Å². The molecule has 1 aromatic carbocycles. The van der Waals surface area contributed by atoms with Gasteiger partial charge in [0.15, 0.2) is 5.82 Å². The van der Waals surface area contributed by atoms with E-state index < -0.39 is 9.84 Å². The predicted molar refractivity (Wildman–Crippen MR) is 110 cm³/mol. The molecule has 2 N–H and O–H groups in total. The van der Waals surface area contributed by atoms with E-state index in [2.05, 4.69) is 25.6 Å². The first kappa shape index (κ1) is 20.6. The number of hydrogen-bond acceptors (Lipinski definition) is 7. The van der Waals surface area contributed by atoms with Gasteiger partial charge in [-0.15, -0.1) is 0 Å². The molecular formula is C19H20FN5O3S. The van der Waals surface area contributed by atoms with Crippen LogP contribution in [0.4, 0.5) is 16.2 Å². The van der Waals surface area contributed by atoms with E-state index in [1.807, 2.05) is 0 Å². The van der Waals surface area contributed by atoms with Crippen LogP contribution in [0.5, 0.6) is 0 Å². The number of amides is 1. The number of pyridine rings is 1. The molecule has 0 aliphatic heterocycles. The van der Waals surface area contributed by atoms with Crippen LogP contribution in [0, 0.1) is 5.82 Å². The van der Waals surface area contributed by atoms with Crippen LogP contribution in [0.2, 0.25) is 0 Å². The van der Waals surface area contributed by atoms with E-state index in [-0.39, 0.29) is 23.4 Å². The summed E-state index contributed by atoms with van der Waals surface area (Å²) in [5.41, 5.74) is 2.29. The van der Waals surface area contributed by atoms with Gasteiger partial charge in [-0.1, -0.05) is 0 Å². The summed E-state index contributed by atoms with van der Waals surface area (Å²) in [6.45, 7) is 1.70. The average Bonchev–Trinajstić information content (AvgIpc) is 2.64. The minimum Gasteiger partial charge on any atom is -0.368 e. The standard InChI is InChI=1S/C19H20FN5O3S/c1-12(26)22-19-24-16-9-8-15(13-4-6-14(20)7-5-13)23-17(16)18(25-19)21-10-3-11-29(2,27)28/h4-9H,3,10-11H2,1-2H3,(H2,21,22,24,25,26). The van der Waals surface area contributed by atoms with Crippen molar-refractivity contribution in [3.05, 3.63) is 42.2 Å². The van der Waals surface area contributed by atoms with E-state index in [9.17, 15) is 17.6 Å². The highest BCUT2D eigenvalue weighted by atomic mass is 32.2. The molecule has 0 fully saturated rings. The lowest BCUT2D eigenvalue weighted by Gasteiger charge is -2.11. The van der Waals surface area contributed by atoms with Crippen LogP contribution < -0.4 is 10.6 Å². The fourth-order valence-corrected chi connectivity index (χ4v) is 3.34. The number of nitrogens with zero attached hydrogens (tertiary/aromatic N) is 3. The van der Waals surface area contributed by atoms with Crippen molar-refractivity contribution in [1.29, 1.82) is 0 Å². The molecule has 0 bridgehead atoms.